The van der Waals surface area contributed by atoms with Crippen LogP contribution in [0.4, 0.5) is 0 Å². The molecule has 3 heteroatoms. The molecule has 0 amide bonds. The Balaban J connectivity index is 2.05. The van der Waals surface area contributed by atoms with E-state index < -0.39 is 0 Å². The van der Waals surface area contributed by atoms with Crippen molar-refractivity contribution in [3.05, 3.63) is 30.1 Å². The zero-order valence-electron chi connectivity index (χ0n) is 9.44. The maximum absolute atomic E-state index is 9.04. The number of aryl methyl sites for hydroxylation is 1. The molecular weight excluding hydrogens is 198 g/mol. The maximum Gasteiger partial charge on any atom is 0.0955 e. The molecule has 2 unspecified atom stereocenters. The van der Waals surface area contributed by atoms with Gasteiger partial charge in [-0.05, 0) is 31.0 Å². The van der Waals surface area contributed by atoms with Gasteiger partial charge in [0.05, 0.1) is 28.8 Å². The average molecular weight is 211 g/mol. The fourth-order valence-electron chi connectivity index (χ4n) is 2.34. The quantitative estimate of drug-likeness (QED) is 0.727. The number of hydrogen-bond donors (Lipinski definition) is 0. The molecule has 0 radical (unpaired) electrons. The highest BCUT2D eigenvalue weighted by Gasteiger charge is 2.51. The Hall–Kier alpha value is -1.82. The molecule has 1 fully saturated rings. The van der Waals surface area contributed by atoms with Gasteiger partial charge in [-0.15, -0.1) is 0 Å². The second kappa shape index (κ2) is 2.85. The molecule has 1 aliphatic rings. The van der Waals surface area contributed by atoms with Crippen LogP contribution in [0.2, 0.25) is 0 Å². The van der Waals surface area contributed by atoms with Crippen molar-refractivity contribution in [3.8, 4) is 6.07 Å². The molecule has 0 spiro atoms. The topological polar surface area (TPSA) is 41.6 Å². The van der Waals surface area contributed by atoms with Gasteiger partial charge < -0.3 is 4.57 Å². The Morgan fingerprint density at radius 3 is 3.06 bits per heavy atom. The van der Waals surface area contributed by atoms with Crippen molar-refractivity contribution in [1.29, 1.82) is 5.26 Å². The second-order valence-electron chi connectivity index (χ2n) is 4.89. The van der Waals surface area contributed by atoms with Gasteiger partial charge in [-0.1, -0.05) is 6.07 Å². The summed E-state index contributed by atoms with van der Waals surface area (Å²) in [5.41, 5.74) is 3.26. The van der Waals surface area contributed by atoms with E-state index >= 15 is 0 Å². The van der Waals surface area contributed by atoms with Crippen LogP contribution in [0.5, 0.6) is 0 Å². The number of aromatic nitrogens is 2. The summed E-state index contributed by atoms with van der Waals surface area (Å²) in [5.74, 6) is 0.393. The minimum Gasteiger partial charge on any atom is -0.334 e. The van der Waals surface area contributed by atoms with E-state index in [1.165, 1.54) is 5.56 Å². The maximum atomic E-state index is 9.04. The van der Waals surface area contributed by atoms with E-state index in [2.05, 4.69) is 29.3 Å². The van der Waals surface area contributed by atoms with Crippen molar-refractivity contribution in [1.82, 2.24) is 9.55 Å². The zero-order chi connectivity index (χ0) is 11.3. The summed E-state index contributed by atoms with van der Waals surface area (Å²) in [6, 6.07) is 8.72. The van der Waals surface area contributed by atoms with Crippen LogP contribution in [0.25, 0.3) is 11.0 Å². The number of benzene rings is 1. The smallest absolute Gasteiger partial charge is 0.0955 e. The van der Waals surface area contributed by atoms with Crippen molar-refractivity contribution >= 4 is 11.0 Å². The van der Waals surface area contributed by atoms with Gasteiger partial charge >= 0.3 is 0 Å². The molecule has 1 aliphatic carbocycles. The number of rotatable bonds is 1. The Morgan fingerprint density at radius 2 is 2.38 bits per heavy atom. The first-order valence-electron chi connectivity index (χ1n) is 5.46. The third kappa shape index (κ3) is 1.16. The SMILES string of the molecule is Cn1cnc2cc(C3CC3(C)C#N)ccc21. The predicted molar refractivity (Wildman–Crippen MR) is 61.8 cm³/mol. The molecule has 0 bridgehead atoms. The standard InChI is InChI=1S/C13H13N3/c1-13(7-14)6-10(13)9-3-4-12-11(5-9)15-8-16(12)2/h3-5,8,10H,6H2,1-2H3. The Labute approximate surface area is 94.3 Å². The van der Waals surface area contributed by atoms with Crippen LogP contribution in [0.3, 0.4) is 0 Å². The molecular formula is C13H13N3. The lowest BCUT2D eigenvalue weighted by Crippen LogP contribution is -1.92. The summed E-state index contributed by atoms with van der Waals surface area (Å²) in [7, 11) is 1.99. The lowest BCUT2D eigenvalue weighted by molar-refractivity contribution is 0.727. The summed E-state index contributed by atoms with van der Waals surface area (Å²) in [4.78, 5) is 4.34. The number of imidazole rings is 1. The van der Waals surface area contributed by atoms with Crippen molar-refractivity contribution in [2.75, 3.05) is 0 Å². The van der Waals surface area contributed by atoms with Gasteiger partial charge in [0.1, 0.15) is 0 Å². The largest absolute Gasteiger partial charge is 0.334 e. The van der Waals surface area contributed by atoms with Crippen LogP contribution < -0.4 is 0 Å². The van der Waals surface area contributed by atoms with Crippen LogP contribution in [-0.4, -0.2) is 9.55 Å². The molecule has 1 aromatic heterocycles. The molecule has 0 saturated heterocycles. The molecule has 1 saturated carbocycles. The van der Waals surface area contributed by atoms with Crippen molar-refractivity contribution in [2.45, 2.75) is 19.3 Å². The molecule has 2 aromatic rings. The summed E-state index contributed by atoms with van der Waals surface area (Å²) < 4.78 is 2.01. The Kier molecular flexibility index (Phi) is 1.68. The van der Waals surface area contributed by atoms with Gasteiger partial charge in [0, 0.05) is 13.0 Å². The van der Waals surface area contributed by atoms with Gasteiger partial charge in [0.15, 0.2) is 0 Å². The molecule has 3 nitrogen and oxygen atoms in total. The minimum absolute atomic E-state index is 0.150. The highest BCUT2D eigenvalue weighted by molar-refractivity contribution is 5.76. The fraction of sp³-hybridized carbons (Fsp3) is 0.385. The monoisotopic (exact) mass is 211 g/mol. The van der Waals surface area contributed by atoms with E-state index in [-0.39, 0.29) is 5.41 Å². The second-order valence-corrected chi connectivity index (χ2v) is 4.89. The van der Waals surface area contributed by atoms with Crippen LogP contribution in [0.1, 0.15) is 24.8 Å². The van der Waals surface area contributed by atoms with E-state index in [1.54, 1.807) is 0 Å². The first-order chi connectivity index (χ1) is 7.64. The molecule has 3 rings (SSSR count). The first-order valence-corrected chi connectivity index (χ1v) is 5.46. The van der Waals surface area contributed by atoms with Crippen LogP contribution in [0.15, 0.2) is 24.5 Å². The highest BCUT2D eigenvalue weighted by Crippen LogP contribution is 2.58. The fourth-order valence-corrected chi connectivity index (χ4v) is 2.34. The van der Waals surface area contributed by atoms with E-state index in [0.717, 1.165) is 17.5 Å². The number of fused-ring (bicyclic) bond motifs is 1. The normalized spacial score (nSPS) is 27.9. The number of nitriles is 1. The van der Waals surface area contributed by atoms with Gasteiger partial charge in [-0.2, -0.15) is 5.26 Å². The van der Waals surface area contributed by atoms with Crippen molar-refractivity contribution in [3.63, 3.8) is 0 Å². The summed E-state index contributed by atoms with van der Waals surface area (Å²) >= 11 is 0. The third-order valence-corrected chi connectivity index (χ3v) is 3.64. The lowest BCUT2D eigenvalue weighted by Gasteiger charge is -2.02. The van der Waals surface area contributed by atoms with E-state index in [9.17, 15) is 0 Å². The zero-order valence-corrected chi connectivity index (χ0v) is 9.44. The first kappa shape index (κ1) is 9.41. The van der Waals surface area contributed by atoms with E-state index in [0.29, 0.717) is 5.92 Å². The predicted octanol–water partition coefficient (Wildman–Crippen LogP) is 2.59. The molecule has 0 N–H and O–H groups in total. The van der Waals surface area contributed by atoms with Crippen molar-refractivity contribution < 1.29 is 0 Å². The average Bonchev–Trinajstić information content (AvgIpc) is 2.86. The Bertz CT molecular complexity index is 605. The van der Waals surface area contributed by atoms with Crippen molar-refractivity contribution in [2.24, 2.45) is 12.5 Å². The van der Waals surface area contributed by atoms with Crippen LogP contribution >= 0.6 is 0 Å². The summed E-state index contributed by atoms with van der Waals surface area (Å²) in [5, 5.41) is 9.04. The minimum atomic E-state index is -0.150. The number of nitrogens with zero attached hydrogens (tertiary/aromatic N) is 3. The highest BCUT2D eigenvalue weighted by atomic mass is 15.0. The van der Waals surface area contributed by atoms with Crippen LogP contribution in [-0.2, 0) is 7.05 Å². The van der Waals surface area contributed by atoms with Gasteiger partial charge in [0.2, 0.25) is 0 Å². The molecule has 1 aromatic carbocycles. The molecule has 2 atom stereocenters. The molecule has 0 aliphatic heterocycles. The Morgan fingerprint density at radius 1 is 1.56 bits per heavy atom. The van der Waals surface area contributed by atoms with Gasteiger partial charge in [0.25, 0.3) is 0 Å². The molecule has 16 heavy (non-hydrogen) atoms. The number of hydrogen-bond acceptors (Lipinski definition) is 2. The van der Waals surface area contributed by atoms with Gasteiger partial charge in [-0.25, -0.2) is 4.98 Å². The van der Waals surface area contributed by atoms with Crippen LogP contribution in [0, 0.1) is 16.7 Å². The molecule has 80 valence electrons. The lowest BCUT2D eigenvalue weighted by atomic mass is 10.0. The van der Waals surface area contributed by atoms with E-state index in [1.807, 2.05) is 24.9 Å². The summed E-state index contributed by atoms with van der Waals surface area (Å²) in [6.07, 6.45) is 2.80. The molecule has 1 heterocycles. The summed E-state index contributed by atoms with van der Waals surface area (Å²) in [6.45, 7) is 2.03. The third-order valence-electron chi connectivity index (χ3n) is 3.64. The van der Waals surface area contributed by atoms with Gasteiger partial charge in [-0.3, -0.25) is 0 Å². The van der Waals surface area contributed by atoms with E-state index in [4.69, 9.17) is 5.26 Å².